The molecule has 4 nitrogen and oxygen atoms in total. The van der Waals surface area contributed by atoms with Gasteiger partial charge < -0.3 is 15.3 Å². The van der Waals surface area contributed by atoms with Crippen molar-refractivity contribution < 1.29 is 9.90 Å². The van der Waals surface area contributed by atoms with Crippen molar-refractivity contribution in [2.45, 2.75) is 50.5 Å². The van der Waals surface area contributed by atoms with Gasteiger partial charge in [0.05, 0.1) is 0 Å². The van der Waals surface area contributed by atoms with Gasteiger partial charge in [0.1, 0.15) is 5.54 Å². The van der Waals surface area contributed by atoms with E-state index in [4.69, 9.17) is 0 Å². The number of carboxylic acids is 1. The van der Waals surface area contributed by atoms with Crippen molar-refractivity contribution >= 4 is 5.97 Å². The molecule has 0 radical (unpaired) electrons. The standard InChI is InChI=1S/C13H24N2O2/c16-12(17)13(6-2-1-3-7-13)14-8-11-15-9-4-5-10-15/h14H,1-11H2,(H,16,17). The Morgan fingerprint density at radius 3 is 2.35 bits per heavy atom. The molecule has 17 heavy (non-hydrogen) atoms. The summed E-state index contributed by atoms with van der Waals surface area (Å²) < 4.78 is 0. The lowest BCUT2D eigenvalue weighted by atomic mass is 9.81. The van der Waals surface area contributed by atoms with Crippen molar-refractivity contribution in [3.8, 4) is 0 Å². The van der Waals surface area contributed by atoms with E-state index in [9.17, 15) is 9.90 Å². The number of nitrogens with zero attached hydrogens (tertiary/aromatic N) is 1. The fourth-order valence-electron chi connectivity index (χ4n) is 3.08. The molecule has 4 heteroatoms. The summed E-state index contributed by atoms with van der Waals surface area (Å²) in [5, 5.41) is 12.7. The van der Waals surface area contributed by atoms with Gasteiger partial charge in [-0.2, -0.15) is 0 Å². The number of carbonyl (C=O) groups is 1. The van der Waals surface area contributed by atoms with E-state index in [1.165, 1.54) is 32.4 Å². The molecule has 0 aromatic heterocycles. The number of aliphatic carboxylic acids is 1. The van der Waals surface area contributed by atoms with Crippen LogP contribution in [0.3, 0.4) is 0 Å². The molecule has 0 bridgehead atoms. The van der Waals surface area contributed by atoms with Gasteiger partial charge in [0.25, 0.3) is 0 Å². The van der Waals surface area contributed by atoms with Crippen LogP contribution in [0.15, 0.2) is 0 Å². The van der Waals surface area contributed by atoms with Crippen molar-refractivity contribution in [2.24, 2.45) is 0 Å². The second kappa shape index (κ2) is 5.83. The van der Waals surface area contributed by atoms with E-state index in [2.05, 4.69) is 10.2 Å². The zero-order chi connectivity index (χ0) is 12.1. The van der Waals surface area contributed by atoms with Crippen LogP contribution in [0.5, 0.6) is 0 Å². The minimum atomic E-state index is -0.654. The molecule has 98 valence electrons. The second-order valence-electron chi connectivity index (χ2n) is 5.42. The molecule has 0 aromatic rings. The van der Waals surface area contributed by atoms with Crippen LogP contribution in [-0.2, 0) is 4.79 Å². The topological polar surface area (TPSA) is 52.6 Å². The van der Waals surface area contributed by atoms with Crippen LogP contribution in [0.4, 0.5) is 0 Å². The van der Waals surface area contributed by atoms with E-state index in [0.717, 1.165) is 38.8 Å². The molecule has 0 atom stereocenters. The highest BCUT2D eigenvalue weighted by atomic mass is 16.4. The molecule has 2 fully saturated rings. The quantitative estimate of drug-likeness (QED) is 0.764. The fourth-order valence-corrected chi connectivity index (χ4v) is 3.08. The van der Waals surface area contributed by atoms with Crippen molar-refractivity contribution in [2.75, 3.05) is 26.2 Å². The highest BCUT2D eigenvalue weighted by Gasteiger charge is 2.38. The Balaban J connectivity index is 1.78. The lowest BCUT2D eigenvalue weighted by Gasteiger charge is -2.34. The van der Waals surface area contributed by atoms with Crippen LogP contribution < -0.4 is 5.32 Å². The molecule has 0 amide bonds. The summed E-state index contributed by atoms with van der Waals surface area (Å²) in [5.41, 5.74) is -0.627. The van der Waals surface area contributed by atoms with Gasteiger partial charge in [0.15, 0.2) is 0 Å². The Labute approximate surface area is 103 Å². The molecular formula is C13H24N2O2. The van der Waals surface area contributed by atoms with Crippen LogP contribution in [-0.4, -0.2) is 47.7 Å². The summed E-state index contributed by atoms with van der Waals surface area (Å²) in [6.45, 7) is 4.17. The number of rotatable bonds is 5. The highest BCUT2D eigenvalue weighted by Crippen LogP contribution is 2.28. The Kier molecular flexibility index (Phi) is 4.40. The summed E-state index contributed by atoms with van der Waals surface area (Å²) in [6.07, 6.45) is 7.45. The predicted molar refractivity (Wildman–Crippen MR) is 67.1 cm³/mol. The smallest absolute Gasteiger partial charge is 0.323 e. The summed E-state index contributed by atoms with van der Waals surface area (Å²) in [7, 11) is 0. The molecule has 1 saturated heterocycles. The lowest BCUT2D eigenvalue weighted by molar-refractivity contribution is -0.146. The molecule has 2 aliphatic rings. The van der Waals surface area contributed by atoms with E-state index in [0.29, 0.717) is 0 Å². The first-order chi connectivity index (χ1) is 8.23. The Hall–Kier alpha value is -0.610. The molecule has 1 heterocycles. The zero-order valence-corrected chi connectivity index (χ0v) is 10.6. The van der Waals surface area contributed by atoms with E-state index >= 15 is 0 Å². The minimum Gasteiger partial charge on any atom is -0.480 e. The highest BCUT2D eigenvalue weighted by molar-refractivity contribution is 5.78. The third-order valence-electron chi connectivity index (χ3n) is 4.21. The summed E-state index contributed by atoms with van der Waals surface area (Å²) in [6, 6.07) is 0. The lowest BCUT2D eigenvalue weighted by Crippen LogP contribution is -2.54. The average Bonchev–Trinajstić information content (AvgIpc) is 2.83. The van der Waals surface area contributed by atoms with Gasteiger partial charge in [-0.1, -0.05) is 19.3 Å². The van der Waals surface area contributed by atoms with Crippen LogP contribution in [0, 0.1) is 0 Å². The number of hydrogen-bond acceptors (Lipinski definition) is 3. The van der Waals surface area contributed by atoms with E-state index in [-0.39, 0.29) is 0 Å². The van der Waals surface area contributed by atoms with Gasteiger partial charge in [-0.25, -0.2) is 0 Å². The number of nitrogens with one attached hydrogen (secondary N) is 1. The summed E-state index contributed by atoms with van der Waals surface area (Å²) in [4.78, 5) is 13.8. The molecule has 0 aromatic carbocycles. The van der Waals surface area contributed by atoms with Gasteiger partial charge in [-0.3, -0.25) is 4.79 Å². The molecule has 1 saturated carbocycles. The number of hydrogen-bond donors (Lipinski definition) is 2. The van der Waals surface area contributed by atoms with Gasteiger partial charge in [-0.05, 0) is 38.8 Å². The van der Waals surface area contributed by atoms with Crippen molar-refractivity contribution in [3.05, 3.63) is 0 Å². The largest absolute Gasteiger partial charge is 0.480 e. The van der Waals surface area contributed by atoms with Crippen molar-refractivity contribution in [1.82, 2.24) is 10.2 Å². The average molecular weight is 240 g/mol. The van der Waals surface area contributed by atoms with Gasteiger partial charge >= 0.3 is 5.97 Å². The first kappa shape index (κ1) is 12.8. The van der Waals surface area contributed by atoms with E-state index in [1.807, 2.05) is 0 Å². The molecule has 1 aliphatic heterocycles. The summed E-state index contributed by atoms with van der Waals surface area (Å²) >= 11 is 0. The van der Waals surface area contributed by atoms with Gasteiger partial charge in [0, 0.05) is 13.1 Å². The minimum absolute atomic E-state index is 0.627. The van der Waals surface area contributed by atoms with E-state index < -0.39 is 11.5 Å². The SMILES string of the molecule is O=C(O)C1(NCCN2CCCC2)CCCCC1. The molecular weight excluding hydrogens is 216 g/mol. The Morgan fingerprint density at radius 1 is 1.12 bits per heavy atom. The molecule has 0 spiro atoms. The van der Waals surface area contributed by atoms with Gasteiger partial charge in [-0.15, -0.1) is 0 Å². The third kappa shape index (κ3) is 3.19. The number of carboxylic acid groups (broad SMARTS) is 1. The molecule has 2 rings (SSSR count). The van der Waals surface area contributed by atoms with E-state index in [1.54, 1.807) is 0 Å². The first-order valence-corrected chi connectivity index (χ1v) is 6.94. The normalized spacial score (nSPS) is 24.9. The Morgan fingerprint density at radius 2 is 1.76 bits per heavy atom. The van der Waals surface area contributed by atoms with Crippen molar-refractivity contribution in [3.63, 3.8) is 0 Å². The maximum absolute atomic E-state index is 11.4. The second-order valence-corrected chi connectivity index (χ2v) is 5.42. The third-order valence-corrected chi connectivity index (χ3v) is 4.21. The fraction of sp³-hybridized carbons (Fsp3) is 0.923. The van der Waals surface area contributed by atoms with Crippen molar-refractivity contribution in [1.29, 1.82) is 0 Å². The number of likely N-dealkylation sites (tertiary alicyclic amines) is 1. The predicted octanol–water partition coefficient (Wildman–Crippen LogP) is 1.46. The molecule has 1 aliphatic carbocycles. The van der Waals surface area contributed by atoms with Crippen LogP contribution in [0.1, 0.15) is 44.9 Å². The van der Waals surface area contributed by atoms with Crippen LogP contribution in [0.2, 0.25) is 0 Å². The Bertz CT molecular complexity index is 256. The molecule has 2 N–H and O–H groups in total. The maximum atomic E-state index is 11.4. The monoisotopic (exact) mass is 240 g/mol. The maximum Gasteiger partial charge on any atom is 0.323 e. The van der Waals surface area contributed by atoms with Gasteiger partial charge in [0.2, 0.25) is 0 Å². The molecule has 0 unspecified atom stereocenters. The summed E-state index contributed by atoms with van der Waals surface area (Å²) in [5.74, 6) is -0.654. The first-order valence-electron chi connectivity index (χ1n) is 6.94. The zero-order valence-electron chi connectivity index (χ0n) is 10.6. The van der Waals surface area contributed by atoms with Crippen LogP contribution >= 0.6 is 0 Å². The van der Waals surface area contributed by atoms with Crippen LogP contribution in [0.25, 0.3) is 0 Å².